The minimum atomic E-state index is -0.106. The highest BCUT2D eigenvalue weighted by molar-refractivity contribution is 5.92. The third-order valence-corrected chi connectivity index (χ3v) is 4.52. The third kappa shape index (κ3) is 2.78. The van der Waals surface area contributed by atoms with Crippen molar-refractivity contribution in [3.05, 3.63) is 48.0 Å². The smallest absolute Gasteiger partial charge is 0.140 e. The molecule has 3 aromatic rings. The van der Waals surface area contributed by atoms with Gasteiger partial charge in [0.05, 0.1) is 28.9 Å². The van der Waals surface area contributed by atoms with Gasteiger partial charge < -0.3 is 15.0 Å². The average molecular weight is 333 g/mol. The summed E-state index contributed by atoms with van der Waals surface area (Å²) in [4.78, 5) is 8.24. The summed E-state index contributed by atoms with van der Waals surface area (Å²) in [5.74, 6) is 1.72. The maximum absolute atomic E-state index is 5.81. The van der Waals surface area contributed by atoms with Crippen molar-refractivity contribution in [3.8, 4) is 17.1 Å². The Bertz CT molecular complexity index is 949. The lowest BCUT2D eigenvalue weighted by Crippen LogP contribution is -2.32. The first-order valence-electron chi connectivity index (χ1n) is 8.71. The second kappa shape index (κ2) is 5.66. The quantitative estimate of drug-likeness (QED) is 0.689. The van der Waals surface area contributed by atoms with Gasteiger partial charge in [-0.2, -0.15) is 0 Å². The van der Waals surface area contributed by atoms with Gasteiger partial charge in [0.15, 0.2) is 0 Å². The summed E-state index contributed by atoms with van der Waals surface area (Å²) < 4.78 is 5.81. The molecule has 25 heavy (non-hydrogen) atoms. The number of benzene rings is 2. The molecule has 0 amide bonds. The van der Waals surface area contributed by atoms with Gasteiger partial charge in [-0.15, -0.1) is 0 Å². The zero-order valence-corrected chi connectivity index (χ0v) is 15.1. The van der Waals surface area contributed by atoms with Gasteiger partial charge in [-0.1, -0.05) is 18.2 Å². The van der Waals surface area contributed by atoms with Gasteiger partial charge in [0.2, 0.25) is 0 Å². The molecule has 2 heterocycles. The number of aromatic nitrogens is 2. The van der Waals surface area contributed by atoms with E-state index in [4.69, 9.17) is 9.72 Å². The van der Waals surface area contributed by atoms with Crippen LogP contribution in [-0.4, -0.2) is 22.1 Å². The van der Waals surface area contributed by atoms with Crippen LogP contribution in [0.15, 0.2) is 42.5 Å². The maximum atomic E-state index is 5.81. The molecule has 0 aliphatic carbocycles. The van der Waals surface area contributed by atoms with Crippen LogP contribution < -0.4 is 10.1 Å². The number of nitrogens with one attached hydrogen (secondary N) is 2. The fourth-order valence-electron chi connectivity index (χ4n) is 3.56. The van der Waals surface area contributed by atoms with E-state index in [1.165, 1.54) is 11.1 Å². The number of nitrogens with zero attached hydrogens (tertiary/aromatic N) is 1. The van der Waals surface area contributed by atoms with Crippen LogP contribution in [-0.2, 0) is 0 Å². The van der Waals surface area contributed by atoms with Gasteiger partial charge >= 0.3 is 0 Å². The third-order valence-electron chi connectivity index (χ3n) is 4.52. The van der Waals surface area contributed by atoms with Crippen molar-refractivity contribution >= 4 is 22.3 Å². The summed E-state index contributed by atoms with van der Waals surface area (Å²) in [7, 11) is 0. The molecule has 1 aliphatic rings. The van der Waals surface area contributed by atoms with E-state index in [9.17, 15) is 0 Å². The van der Waals surface area contributed by atoms with Gasteiger partial charge in [0.25, 0.3) is 0 Å². The molecule has 4 heteroatoms. The zero-order chi connectivity index (χ0) is 17.6. The van der Waals surface area contributed by atoms with Crippen LogP contribution in [0, 0.1) is 0 Å². The molecule has 2 aromatic carbocycles. The van der Waals surface area contributed by atoms with Crippen molar-refractivity contribution in [1.29, 1.82) is 0 Å². The first-order chi connectivity index (χ1) is 12.0. The highest BCUT2D eigenvalue weighted by Crippen LogP contribution is 2.42. The Kier molecular flexibility index (Phi) is 3.57. The Morgan fingerprint density at radius 2 is 1.88 bits per heavy atom. The largest absolute Gasteiger partial charge is 0.494 e. The normalized spacial score (nSPS) is 15.4. The summed E-state index contributed by atoms with van der Waals surface area (Å²) >= 11 is 0. The summed E-state index contributed by atoms with van der Waals surface area (Å²) in [6.07, 6.45) is 2.26. The summed E-state index contributed by atoms with van der Waals surface area (Å²) in [6, 6.07) is 12.3. The molecule has 4 nitrogen and oxygen atoms in total. The molecule has 1 aromatic heterocycles. The Morgan fingerprint density at radius 1 is 1.12 bits per heavy atom. The van der Waals surface area contributed by atoms with Crippen LogP contribution >= 0.6 is 0 Å². The molecule has 0 spiro atoms. The van der Waals surface area contributed by atoms with Gasteiger partial charge in [-0.3, -0.25) is 0 Å². The maximum Gasteiger partial charge on any atom is 0.140 e. The minimum absolute atomic E-state index is 0.106. The predicted molar refractivity (Wildman–Crippen MR) is 104 cm³/mol. The van der Waals surface area contributed by atoms with Crippen LogP contribution in [0.1, 0.15) is 33.3 Å². The number of hydrogen-bond acceptors (Lipinski definition) is 3. The molecule has 1 aliphatic heterocycles. The predicted octanol–water partition coefficient (Wildman–Crippen LogP) is 5.24. The Labute approximate surface area is 147 Å². The van der Waals surface area contributed by atoms with E-state index in [0.717, 1.165) is 33.9 Å². The first-order valence-corrected chi connectivity index (χ1v) is 8.71. The molecule has 0 unspecified atom stereocenters. The van der Waals surface area contributed by atoms with E-state index in [2.05, 4.69) is 49.3 Å². The van der Waals surface area contributed by atoms with Crippen LogP contribution in [0.3, 0.4) is 0 Å². The first kappa shape index (κ1) is 15.8. The number of fused-ring (bicyclic) bond motifs is 2. The fourth-order valence-corrected chi connectivity index (χ4v) is 3.56. The number of H-pyrrole nitrogens is 1. The number of aromatic amines is 1. The summed E-state index contributed by atoms with van der Waals surface area (Å²) in [5, 5.41) is 3.66. The van der Waals surface area contributed by atoms with Gasteiger partial charge in [-0.25, -0.2) is 4.98 Å². The van der Waals surface area contributed by atoms with Crippen LogP contribution in [0.25, 0.3) is 28.0 Å². The molecule has 128 valence electrons. The molecule has 0 atom stereocenters. The number of rotatable bonds is 3. The second-order valence-corrected chi connectivity index (χ2v) is 7.10. The molecule has 4 rings (SSSR count). The molecule has 0 radical (unpaired) electrons. The molecule has 0 fully saturated rings. The average Bonchev–Trinajstić information content (AvgIpc) is 2.98. The topological polar surface area (TPSA) is 49.9 Å². The van der Waals surface area contributed by atoms with E-state index in [-0.39, 0.29) is 5.54 Å². The van der Waals surface area contributed by atoms with Crippen molar-refractivity contribution in [2.24, 2.45) is 0 Å². The second-order valence-electron chi connectivity index (χ2n) is 7.10. The number of para-hydroxylation sites is 2. The van der Waals surface area contributed by atoms with Crippen molar-refractivity contribution in [2.75, 3.05) is 11.9 Å². The standard InChI is InChI=1S/C21H23N3O/c1-5-25-14-10-15-13(2)12-21(3,4)24-19(15)16(11-14)20-22-17-8-6-7-9-18(17)23-20/h6-12,24H,5H2,1-4H3,(H,22,23). The van der Waals surface area contributed by atoms with Crippen molar-refractivity contribution in [3.63, 3.8) is 0 Å². The lowest BCUT2D eigenvalue weighted by Gasteiger charge is -2.33. The van der Waals surface area contributed by atoms with Crippen molar-refractivity contribution in [1.82, 2.24) is 9.97 Å². The van der Waals surface area contributed by atoms with Crippen LogP contribution in [0.5, 0.6) is 5.75 Å². The van der Waals surface area contributed by atoms with Crippen LogP contribution in [0.4, 0.5) is 5.69 Å². The number of imidazole rings is 1. The fraction of sp³-hybridized carbons (Fsp3) is 0.286. The number of ether oxygens (including phenoxy) is 1. The number of anilines is 1. The monoisotopic (exact) mass is 333 g/mol. The van der Waals surface area contributed by atoms with E-state index < -0.39 is 0 Å². The molecule has 0 saturated carbocycles. The van der Waals surface area contributed by atoms with Crippen molar-refractivity contribution < 1.29 is 4.74 Å². The zero-order valence-electron chi connectivity index (χ0n) is 15.1. The SMILES string of the molecule is CCOc1cc2c(c(-c3nc4ccccc4[nH]3)c1)NC(C)(C)C=C2C. The van der Waals surface area contributed by atoms with Crippen molar-refractivity contribution in [2.45, 2.75) is 33.2 Å². The lowest BCUT2D eigenvalue weighted by atomic mass is 9.89. The van der Waals surface area contributed by atoms with E-state index >= 15 is 0 Å². The van der Waals surface area contributed by atoms with Gasteiger partial charge in [0, 0.05) is 11.1 Å². The number of allylic oxidation sites excluding steroid dienone is 1. The Hall–Kier alpha value is -2.75. The Morgan fingerprint density at radius 3 is 2.64 bits per heavy atom. The summed E-state index contributed by atoms with van der Waals surface area (Å²) in [6.45, 7) is 9.15. The minimum Gasteiger partial charge on any atom is -0.494 e. The van der Waals surface area contributed by atoms with Gasteiger partial charge in [-0.05, 0) is 57.5 Å². The molecule has 0 saturated heterocycles. The highest BCUT2D eigenvalue weighted by atomic mass is 16.5. The highest BCUT2D eigenvalue weighted by Gasteiger charge is 2.26. The van der Waals surface area contributed by atoms with Crippen LogP contribution in [0.2, 0.25) is 0 Å². The van der Waals surface area contributed by atoms with E-state index in [1.54, 1.807) is 0 Å². The molecule has 2 N–H and O–H groups in total. The van der Waals surface area contributed by atoms with E-state index in [0.29, 0.717) is 6.61 Å². The van der Waals surface area contributed by atoms with E-state index in [1.807, 2.05) is 31.2 Å². The molecular weight excluding hydrogens is 310 g/mol. The molecular formula is C21H23N3O. The number of hydrogen-bond donors (Lipinski definition) is 2. The van der Waals surface area contributed by atoms with Gasteiger partial charge in [0.1, 0.15) is 11.6 Å². The molecule has 0 bridgehead atoms. The summed E-state index contributed by atoms with van der Waals surface area (Å²) in [5.41, 5.74) is 6.46. The lowest BCUT2D eigenvalue weighted by molar-refractivity contribution is 0.340. The Balaban J connectivity index is 1.96.